The van der Waals surface area contributed by atoms with Gasteiger partial charge in [0.25, 0.3) is 0 Å². The Morgan fingerprint density at radius 3 is 2.42 bits per heavy atom. The van der Waals surface area contributed by atoms with Crippen LogP contribution in [0, 0.1) is 5.82 Å². The summed E-state index contributed by atoms with van der Waals surface area (Å²) in [7, 11) is 5.72. The number of likely N-dealkylation sites (N-methyl/N-ethyl adjacent to an activating group) is 2. The highest BCUT2D eigenvalue weighted by Crippen LogP contribution is 2.35. The molecular weight excluding hydrogens is 519 g/mol. The van der Waals surface area contributed by atoms with Gasteiger partial charge in [-0.05, 0) is 56.5 Å². The van der Waals surface area contributed by atoms with Gasteiger partial charge in [0.05, 0.1) is 22.2 Å². The Kier molecular flexibility index (Phi) is 9.62. The number of carbonyl (C=O) groups is 1. The minimum Gasteiger partial charge on any atom is -0.339 e. The van der Waals surface area contributed by atoms with Crippen molar-refractivity contribution in [3.05, 3.63) is 69.0 Å². The van der Waals surface area contributed by atoms with Crippen molar-refractivity contribution in [3.8, 4) is 0 Å². The van der Waals surface area contributed by atoms with E-state index < -0.39 is 17.6 Å². The Bertz CT molecular complexity index is 1070. The van der Waals surface area contributed by atoms with E-state index in [1.807, 2.05) is 37.0 Å². The minimum absolute atomic E-state index is 0.0460. The quantitative estimate of drug-likeness (QED) is 0.363. The van der Waals surface area contributed by atoms with Crippen molar-refractivity contribution >= 4 is 29.1 Å². The Hall–Kier alpha value is -1.91. The first kappa shape index (κ1) is 28.7. The molecule has 2 aromatic rings. The fourth-order valence-electron chi connectivity index (χ4n) is 4.41. The van der Waals surface area contributed by atoms with Crippen LogP contribution >= 0.6 is 23.2 Å². The average Bonchev–Trinajstić information content (AvgIpc) is 3.23. The van der Waals surface area contributed by atoms with Crippen molar-refractivity contribution in [2.45, 2.75) is 24.7 Å². The first-order valence-electron chi connectivity index (χ1n) is 11.5. The van der Waals surface area contributed by atoms with E-state index in [2.05, 4.69) is 5.32 Å². The number of hydrogen-bond donors (Lipinski definition) is 1. The summed E-state index contributed by atoms with van der Waals surface area (Å²) in [6.07, 6.45) is -4.75. The fraction of sp³-hybridized carbons (Fsp3) is 0.480. The standard InChI is InChI=1S/C25H30Cl2F4N4O/c1-33(2)9-8-32-12-24(36)35-14-18(17-5-7-20(26)21(27)11-17)23(15-35)34(3)13-16-4-6-19(22(28)10-16)25(29,30)31/h4-7,10-11,18,23,32H,8-9,12-15H2,1-3H3/t18-,23-/m1/s1. The third-order valence-corrected chi connectivity index (χ3v) is 7.10. The van der Waals surface area contributed by atoms with E-state index in [9.17, 15) is 22.4 Å². The Morgan fingerprint density at radius 1 is 1.08 bits per heavy atom. The zero-order valence-corrected chi connectivity index (χ0v) is 21.9. The highest BCUT2D eigenvalue weighted by Gasteiger charge is 2.39. The topological polar surface area (TPSA) is 38.8 Å². The Labute approximate surface area is 218 Å². The molecule has 1 saturated heterocycles. The zero-order chi connectivity index (χ0) is 26.6. The summed E-state index contributed by atoms with van der Waals surface area (Å²) in [6, 6.07) is 8.13. The largest absolute Gasteiger partial charge is 0.419 e. The number of carbonyl (C=O) groups excluding carboxylic acids is 1. The second kappa shape index (κ2) is 12.1. The lowest BCUT2D eigenvalue weighted by molar-refractivity contribution is -0.140. The molecular formula is C25H30Cl2F4N4O. The van der Waals surface area contributed by atoms with E-state index >= 15 is 0 Å². The number of rotatable bonds is 9. The average molecular weight is 549 g/mol. The van der Waals surface area contributed by atoms with Crippen molar-refractivity contribution in [3.63, 3.8) is 0 Å². The van der Waals surface area contributed by atoms with Gasteiger partial charge in [0.1, 0.15) is 5.82 Å². The molecule has 36 heavy (non-hydrogen) atoms. The maximum atomic E-state index is 14.1. The lowest BCUT2D eigenvalue weighted by Gasteiger charge is -2.29. The number of amides is 1. The van der Waals surface area contributed by atoms with Gasteiger partial charge in [-0.3, -0.25) is 9.69 Å². The predicted molar refractivity (Wildman–Crippen MR) is 134 cm³/mol. The van der Waals surface area contributed by atoms with Crippen LogP contribution in [-0.4, -0.2) is 80.5 Å². The van der Waals surface area contributed by atoms with Crippen LogP contribution in [0.1, 0.15) is 22.6 Å². The van der Waals surface area contributed by atoms with E-state index in [1.165, 1.54) is 6.07 Å². The van der Waals surface area contributed by atoms with Gasteiger partial charge in [-0.25, -0.2) is 4.39 Å². The van der Waals surface area contributed by atoms with Crippen LogP contribution in [0.15, 0.2) is 36.4 Å². The molecule has 0 radical (unpaired) electrons. The first-order chi connectivity index (χ1) is 16.9. The van der Waals surface area contributed by atoms with Crippen LogP contribution in [-0.2, 0) is 17.5 Å². The molecule has 0 spiro atoms. The van der Waals surface area contributed by atoms with Gasteiger partial charge < -0.3 is 15.1 Å². The normalized spacial score (nSPS) is 18.5. The van der Waals surface area contributed by atoms with Crippen LogP contribution in [0.4, 0.5) is 17.6 Å². The monoisotopic (exact) mass is 548 g/mol. The molecule has 0 saturated carbocycles. The summed E-state index contributed by atoms with van der Waals surface area (Å²) >= 11 is 12.3. The van der Waals surface area contributed by atoms with Crippen LogP contribution in [0.5, 0.6) is 0 Å². The van der Waals surface area contributed by atoms with Gasteiger partial charge in [0.2, 0.25) is 5.91 Å². The summed E-state index contributed by atoms with van der Waals surface area (Å²) in [4.78, 5) is 18.6. The molecule has 2 aromatic carbocycles. The summed E-state index contributed by atoms with van der Waals surface area (Å²) in [5.41, 5.74) is 0.0173. The Morgan fingerprint density at radius 2 is 1.81 bits per heavy atom. The molecule has 0 bridgehead atoms. The molecule has 198 valence electrons. The second-order valence-corrected chi connectivity index (χ2v) is 10.2. The van der Waals surface area contributed by atoms with Crippen molar-refractivity contribution in [1.29, 1.82) is 0 Å². The molecule has 0 aliphatic carbocycles. The highest BCUT2D eigenvalue weighted by molar-refractivity contribution is 6.42. The van der Waals surface area contributed by atoms with Crippen LogP contribution < -0.4 is 5.32 Å². The van der Waals surface area contributed by atoms with Gasteiger partial charge in [-0.2, -0.15) is 13.2 Å². The van der Waals surface area contributed by atoms with Crippen molar-refractivity contribution in [1.82, 2.24) is 20.0 Å². The van der Waals surface area contributed by atoms with Gasteiger partial charge in [0.15, 0.2) is 0 Å². The maximum absolute atomic E-state index is 14.1. The molecule has 1 N–H and O–H groups in total. The molecule has 1 fully saturated rings. The SMILES string of the molecule is CN(C)CCNCC(=O)N1C[C@H](c2ccc(Cl)c(Cl)c2)[C@H](N(C)Cc2ccc(C(F)(F)F)c(F)c2)C1. The van der Waals surface area contributed by atoms with Gasteiger partial charge in [-0.15, -0.1) is 0 Å². The van der Waals surface area contributed by atoms with Crippen molar-refractivity contribution in [2.24, 2.45) is 0 Å². The maximum Gasteiger partial charge on any atom is 0.419 e. The smallest absolute Gasteiger partial charge is 0.339 e. The predicted octanol–water partition coefficient (Wildman–Crippen LogP) is 4.73. The Balaban J connectivity index is 1.77. The molecule has 1 heterocycles. The van der Waals surface area contributed by atoms with E-state index in [-0.39, 0.29) is 31.0 Å². The van der Waals surface area contributed by atoms with Crippen molar-refractivity contribution < 1.29 is 22.4 Å². The van der Waals surface area contributed by atoms with E-state index in [0.717, 1.165) is 24.2 Å². The minimum atomic E-state index is -4.75. The lowest BCUT2D eigenvalue weighted by Crippen LogP contribution is -2.41. The molecule has 11 heteroatoms. The number of alkyl halides is 3. The number of likely N-dealkylation sites (tertiary alicyclic amines) is 1. The van der Waals surface area contributed by atoms with Gasteiger partial charge in [-0.1, -0.05) is 35.3 Å². The molecule has 5 nitrogen and oxygen atoms in total. The van der Waals surface area contributed by atoms with Gasteiger partial charge >= 0.3 is 6.18 Å². The molecule has 1 aliphatic rings. The molecule has 0 aromatic heterocycles. The van der Waals surface area contributed by atoms with Gasteiger partial charge in [0, 0.05) is 44.7 Å². The highest BCUT2D eigenvalue weighted by atomic mass is 35.5. The van der Waals surface area contributed by atoms with Crippen molar-refractivity contribution in [2.75, 3.05) is 53.9 Å². The second-order valence-electron chi connectivity index (χ2n) is 9.35. The lowest BCUT2D eigenvalue weighted by atomic mass is 9.93. The third kappa shape index (κ3) is 7.32. The van der Waals surface area contributed by atoms with Crippen LogP contribution in [0.2, 0.25) is 10.0 Å². The number of nitrogens with one attached hydrogen (secondary N) is 1. The number of hydrogen-bond acceptors (Lipinski definition) is 4. The van der Waals surface area contributed by atoms with E-state index in [4.69, 9.17) is 23.2 Å². The molecule has 0 unspecified atom stereocenters. The fourth-order valence-corrected chi connectivity index (χ4v) is 4.72. The molecule has 3 rings (SSSR count). The van der Waals surface area contributed by atoms with Crippen LogP contribution in [0.3, 0.4) is 0 Å². The third-order valence-electron chi connectivity index (χ3n) is 6.36. The summed E-state index contributed by atoms with van der Waals surface area (Å²) in [6.45, 7) is 2.74. The summed E-state index contributed by atoms with van der Waals surface area (Å²) in [5, 5.41) is 3.97. The summed E-state index contributed by atoms with van der Waals surface area (Å²) in [5.74, 6) is -1.47. The number of benzene rings is 2. The van der Waals surface area contributed by atoms with E-state index in [0.29, 0.717) is 35.2 Å². The molecule has 2 atom stereocenters. The number of nitrogens with zero attached hydrogens (tertiary/aromatic N) is 3. The van der Waals surface area contributed by atoms with E-state index in [1.54, 1.807) is 17.0 Å². The van der Waals surface area contributed by atoms with Crippen LogP contribution in [0.25, 0.3) is 0 Å². The zero-order valence-electron chi connectivity index (χ0n) is 20.4. The first-order valence-corrected chi connectivity index (χ1v) is 12.3. The number of halogens is 6. The molecule has 1 aliphatic heterocycles. The summed E-state index contributed by atoms with van der Waals surface area (Å²) < 4.78 is 53.0. The molecule has 1 amide bonds.